The highest BCUT2D eigenvalue weighted by Gasteiger charge is 2.41. The average Bonchev–Trinajstić information content (AvgIpc) is 2.47. The molecule has 5 heteroatoms. The summed E-state index contributed by atoms with van der Waals surface area (Å²) >= 11 is 0. The van der Waals surface area contributed by atoms with E-state index in [1.54, 1.807) is 30.3 Å². The van der Waals surface area contributed by atoms with E-state index < -0.39 is 17.3 Å². The maximum Gasteiger partial charge on any atom is 0.416 e. The standard InChI is InChI=1S/C16H15F3O2/c1-21-11-15(20,12-7-3-2-4-8-12)13-9-5-6-10-14(13)16(17,18)19/h2-10,20H,11H2,1H3. The molecule has 1 unspecified atom stereocenters. The number of methoxy groups -OCH3 is 1. The summed E-state index contributed by atoms with van der Waals surface area (Å²) in [6.45, 7) is -0.274. The van der Waals surface area contributed by atoms with E-state index in [2.05, 4.69) is 0 Å². The Morgan fingerprint density at radius 3 is 1.95 bits per heavy atom. The molecule has 0 amide bonds. The molecule has 0 radical (unpaired) electrons. The van der Waals surface area contributed by atoms with E-state index >= 15 is 0 Å². The van der Waals surface area contributed by atoms with E-state index in [4.69, 9.17) is 4.74 Å². The van der Waals surface area contributed by atoms with Gasteiger partial charge in [0.25, 0.3) is 0 Å². The predicted molar refractivity (Wildman–Crippen MR) is 72.8 cm³/mol. The number of aliphatic hydroxyl groups is 1. The highest BCUT2D eigenvalue weighted by Crippen LogP contribution is 2.39. The SMILES string of the molecule is COCC(O)(c1ccccc1)c1ccccc1C(F)(F)F. The topological polar surface area (TPSA) is 29.5 Å². The van der Waals surface area contributed by atoms with Crippen LogP contribution in [0.5, 0.6) is 0 Å². The third kappa shape index (κ3) is 3.09. The number of benzene rings is 2. The monoisotopic (exact) mass is 296 g/mol. The number of ether oxygens (including phenoxy) is 1. The number of halogens is 3. The number of hydrogen-bond donors (Lipinski definition) is 1. The van der Waals surface area contributed by atoms with Crippen LogP contribution in [0.1, 0.15) is 16.7 Å². The molecule has 2 nitrogen and oxygen atoms in total. The first kappa shape index (κ1) is 15.5. The zero-order chi connectivity index (χ0) is 15.5. The average molecular weight is 296 g/mol. The lowest BCUT2D eigenvalue weighted by atomic mass is 9.84. The van der Waals surface area contributed by atoms with E-state index in [-0.39, 0.29) is 12.2 Å². The fourth-order valence-corrected chi connectivity index (χ4v) is 2.33. The van der Waals surface area contributed by atoms with Gasteiger partial charge in [0.2, 0.25) is 0 Å². The summed E-state index contributed by atoms with van der Waals surface area (Å²) in [6.07, 6.45) is -4.55. The van der Waals surface area contributed by atoms with Crippen LogP contribution in [-0.4, -0.2) is 18.8 Å². The van der Waals surface area contributed by atoms with Crippen molar-refractivity contribution < 1.29 is 23.0 Å². The molecule has 2 rings (SSSR count). The molecule has 0 bridgehead atoms. The molecular formula is C16H15F3O2. The van der Waals surface area contributed by atoms with Crippen LogP contribution in [-0.2, 0) is 16.5 Å². The van der Waals surface area contributed by atoms with Crippen molar-refractivity contribution in [3.8, 4) is 0 Å². The van der Waals surface area contributed by atoms with Crippen molar-refractivity contribution in [1.82, 2.24) is 0 Å². The normalized spacial score (nSPS) is 14.7. The number of rotatable bonds is 4. The van der Waals surface area contributed by atoms with Gasteiger partial charge in [0.1, 0.15) is 5.60 Å². The molecule has 21 heavy (non-hydrogen) atoms. The van der Waals surface area contributed by atoms with Crippen molar-refractivity contribution in [1.29, 1.82) is 0 Å². The van der Waals surface area contributed by atoms with Crippen LogP contribution in [0.2, 0.25) is 0 Å². The lowest BCUT2D eigenvalue weighted by Gasteiger charge is -2.31. The quantitative estimate of drug-likeness (QED) is 0.934. The van der Waals surface area contributed by atoms with Gasteiger partial charge in [0.05, 0.1) is 12.2 Å². The molecule has 2 aromatic carbocycles. The van der Waals surface area contributed by atoms with Crippen molar-refractivity contribution in [2.24, 2.45) is 0 Å². The Bertz CT molecular complexity index is 596. The Morgan fingerprint density at radius 1 is 0.905 bits per heavy atom. The third-order valence-electron chi connectivity index (χ3n) is 3.28. The van der Waals surface area contributed by atoms with Crippen LogP contribution in [0, 0.1) is 0 Å². The minimum absolute atomic E-state index is 0.217. The minimum atomic E-state index is -4.55. The highest BCUT2D eigenvalue weighted by atomic mass is 19.4. The number of alkyl halides is 3. The summed E-state index contributed by atoms with van der Waals surface area (Å²) in [4.78, 5) is 0. The molecule has 1 atom stereocenters. The first-order chi connectivity index (χ1) is 9.89. The second kappa shape index (κ2) is 5.87. The molecular weight excluding hydrogens is 281 g/mol. The maximum atomic E-state index is 13.2. The fourth-order valence-electron chi connectivity index (χ4n) is 2.33. The van der Waals surface area contributed by atoms with E-state index in [1.807, 2.05) is 0 Å². The molecule has 0 aliphatic heterocycles. The van der Waals surface area contributed by atoms with E-state index in [1.165, 1.54) is 25.3 Å². The second-order valence-electron chi connectivity index (χ2n) is 4.70. The fraction of sp³-hybridized carbons (Fsp3) is 0.250. The lowest BCUT2D eigenvalue weighted by Crippen LogP contribution is -2.35. The highest BCUT2D eigenvalue weighted by molar-refractivity contribution is 5.42. The molecule has 0 fully saturated rings. The summed E-state index contributed by atoms with van der Waals surface area (Å²) in [6, 6.07) is 13.2. The zero-order valence-corrected chi connectivity index (χ0v) is 11.4. The van der Waals surface area contributed by atoms with Crippen LogP contribution >= 0.6 is 0 Å². The van der Waals surface area contributed by atoms with Crippen molar-refractivity contribution in [2.45, 2.75) is 11.8 Å². The first-order valence-corrected chi connectivity index (χ1v) is 6.33. The predicted octanol–water partition coefficient (Wildman–Crippen LogP) is 3.59. The van der Waals surface area contributed by atoms with Gasteiger partial charge in [0.15, 0.2) is 0 Å². The molecule has 0 aliphatic rings. The molecule has 0 heterocycles. The molecule has 0 saturated heterocycles. The molecule has 0 spiro atoms. The summed E-state index contributed by atoms with van der Waals surface area (Å²) in [5.41, 5.74) is -2.59. The Kier molecular flexibility index (Phi) is 4.34. The third-order valence-corrected chi connectivity index (χ3v) is 3.28. The van der Waals surface area contributed by atoms with Gasteiger partial charge in [-0.1, -0.05) is 48.5 Å². The van der Waals surface area contributed by atoms with Gasteiger partial charge in [-0.2, -0.15) is 13.2 Å². The van der Waals surface area contributed by atoms with Crippen LogP contribution < -0.4 is 0 Å². The smallest absolute Gasteiger partial charge is 0.381 e. The zero-order valence-electron chi connectivity index (χ0n) is 11.4. The Morgan fingerprint density at radius 2 is 1.43 bits per heavy atom. The maximum absolute atomic E-state index is 13.2. The summed E-state index contributed by atoms with van der Waals surface area (Å²) in [7, 11) is 1.34. The molecule has 2 aromatic rings. The van der Waals surface area contributed by atoms with Gasteiger partial charge in [-0.15, -0.1) is 0 Å². The van der Waals surface area contributed by atoms with Gasteiger partial charge >= 0.3 is 6.18 Å². The number of hydrogen-bond acceptors (Lipinski definition) is 2. The summed E-state index contributed by atoms with van der Waals surface area (Å²) < 4.78 is 44.5. The second-order valence-corrected chi connectivity index (χ2v) is 4.70. The molecule has 0 aromatic heterocycles. The van der Waals surface area contributed by atoms with Crippen molar-refractivity contribution >= 4 is 0 Å². The van der Waals surface area contributed by atoms with Crippen molar-refractivity contribution in [3.63, 3.8) is 0 Å². The van der Waals surface area contributed by atoms with Crippen LogP contribution in [0.3, 0.4) is 0 Å². The van der Waals surface area contributed by atoms with Gasteiger partial charge in [-0.3, -0.25) is 0 Å². The van der Waals surface area contributed by atoms with Crippen molar-refractivity contribution in [2.75, 3.05) is 13.7 Å². The first-order valence-electron chi connectivity index (χ1n) is 6.33. The summed E-state index contributed by atoms with van der Waals surface area (Å²) in [5, 5.41) is 10.9. The summed E-state index contributed by atoms with van der Waals surface area (Å²) in [5.74, 6) is 0. The molecule has 1 N–H and O–H groups in total. The van der Waals surface area contributed by atoms with Gasteiger partial charge in [-0.05, 0) is 11.6 Å². The minimum Gasteiger partial charge on any atom is -0.381 e. The Hall–Kier alpha value is -1.85. The van der Waals surface area contributed by atoms with Crippen LogP contribution in [0.15, 0.2) is 54.6 Å². The lowest BCUT2D eigenvalue weighted by molar-refractivity contribution is -0.140. The van der Waals surface area contributed by atoms with Crippen LogP contribution in [0.4, 0.5) is 13.2 Å². The largest absolute Gasteiger partial charge is 0.416 e. The molecule has 112 valence electrons. The van der Waals surface area contributed by atoms with Crippen molar-refractivity contribution in [3.05, 3.63) is 71.3 Å². The van der Waals surface area contributed by atoms with E-state index in [9.17, 15) is 18.3 Å². The van der Waals surface area contributed by atoms with Gasteiger partial charge in [0, 0.05) is 12.7 Å². The Balaban J connectivity index is 2.65. The van der Waals surface area contributed by atoms with E-state index in [0.29, 0.717) is 5.56 Å². The van der Waals surface area contributed by atoms with Gasteiger partial charge < -0.3 is 9.84 Å². The molecule has 0 saturated carbocycles. The Labute approximate surface area is 120 Å². The van der Waals surface area contributed by atoms with E-state index in [0.717, 1.165) is 6.07 Å². The molecule has 0 aliphatic carbocycles. The van der Waals surface area contributed by atoms with Gasteiger partial charge in [-0.25, -0.2) is 0 Å². The van der Waals surface area contributed by atoms with Crippen LogP contribution in [0.25, 0.3) is 0 Å².